The first-order chi connectivity index (χ1) is 21.4. The predicted molar refractivity (Wildman–Crippen MR) is 164 cm³/mol. The van der Waals surface area contributed by atoms with Gasteiger partial charge in [0.25, 0.3) is 0 Å². The van der Waals surface area contributed by atoms with E-state index in [0.717, 1.165) is 29.6 Å². The van der Waals surface area contributed by atoms with Gasteiger partial charge >= 0.3 is 0 Å². The van der Waals surface area contributed by atoms with Crippen LogP contribution >= 0.6 is 11.3 Å². The summed E-state index contributed by atoms with van der Waals surface area (Å²) in [5, 5.41) is 2.63. The number of nitrogens with zero attached hydrogens (tertiary/aromatic N) is 4. The Labute approximate surface area is 255 Å². The minimum absolute atomic E-state index is 0.0774. The van der Waals surface area contributed by atoms with Crippen LogP contribution < -0.4 is 25.4 Å². The van der Waals surface area contributed by atoms with Gasteiger partial charge < -0.3 is 30.2 Å². The van der Waals surface area contributed by atoms with Gasteiger partial charge in [-0.1, -0.05) is 18.2 Å². The molecular formula is C31H27FN6O5S. The van der Waals surface area contributed by atoms with Gasteiger partial charge in [-0.25, -0.2) is 14.4 Å². The summed E-state index contributed by atoms with van der Waals surface area (Å²) in [6.07, 6.45) is 5.10. The van der Waals surface area contributed by atoms with Gasteiger partial charge in [0.05, 0.1) is 36.2 Å². The number of thiophene rings is 1. The molecule has 224 valence electrons. The number of amides is 2. The zero-order chi connectivity index (χ0) is 30.6. The third-order valence-electron chi connectivity index (χ3n) is 7.01. The SMILES string of the molecule is COc1ccccc1NC(=O)C(C(N)=O)c1ccc(Oc2ccnc3cc(-c4cnc(N5CCOCC5)nc4)sc23)c(F)c1. The van der Waals surface area contributed by atoms with Gasteiger partial charge in [0.2, 0.25) is 17.8 Å². The minimum atomic E-state index is -1.45. The topological polar surface area (TPSA) is 142 Å². The second-order valence-corrected chi connectivity index (χ2v) is 10.9. The molecule has 11 nitrogen and oxygen atoms in total. The maximum Gasteiger partial charge on any atom is 0.241 e. The first-order valence-electron chi connectivity index (χ1n) is 13.7. The lowest BCUT2D eigenvalue weighted by Gasteiger charge is -2.26. The largest absolute Gasteiger partial charge is 0.495 e. The van der Waals surface area contributed by atoms with Crippen molar-refractivity contribution in [3.8, 4) is 27.7 Å². The Balaban J connectivity index is 1.22. The number of halogens is 1. The Morgan fingerprint density at radius 1 is 1.02 bits per heavy atom. The van der Waals surface area contributed by atoms with Crippen LogP contribution in [0.1, 0.15) is 11.5 Å². The molecular weight excluding hydrogens is 587 g/mol. The van der Waals surface area contributed by atoms with Crippen LogP contribution in [0.4, 0.5) is 16.0 Å². The van der Waals surface area contributed by atoms with Gasteiger partial charge in [-0.15, -0.1) is 11.3 Å². The number of pyridine rings is 1. The molecule has 1 aliphatic heterocycles. The van der Waals surface area contributed by atoms with Crippen molar-refractivity contribution < 1.29 is 28.2 Å². The van der Waals surface area contributed by atoms with E-state index in [9.17, 15) is 9.59 Å². The highest BCUT2D eigenvalue weighted by Crippen LogP contribution is 2.40. The number of ether oxygens (including phenoxy) is 3. The van der Waals surface area contributed by atoms with E-state index in [0.29, 0.717) is 46.6 Å². The number of para-hydroxylation sites is 2. The van der Waals surface area contributed by atoms with Crippen LogP contribution in [0.5, 0.6) is 17.2 Å². The van der Waals surface area contributed by atoms with Gasteiger partial charge in [-0.05, 0) is 35.9 Å². The molecule has 0 saturated carbocycles. The third-order valence-corrected chi connectivity index (χ3v) is 8.20. The lowest BCUT2D eigenvalue weighted by atomic mass is 9.97. The van der Waals surface area contributed by atoms with E-state index < -0.39 is 23.5 Å². The fraction of sp³-hybridized carbons (Fsp3) is 0.194. The number of fused-ring (bicyclic) bond motifs is 1. The average Bonchev–Trinajstić information content (AvgIpc) is 3.48. The van der Waals surface area contributed by atoms with Crippen LogP contribution in [0.3, 0.4) is 0 Å². The van der Waals surface area contributed by atoms with Crippen LogP contribution in [0.15, 0.2) is 73.2 Å². The van der Waals surface area contributed by atoms with Crippen LogP contribution in [0, 0.1) is 5.82 Å². The van der Waals surface area contributed by atoms with Crippen molar-refractivity contribution in [3.05, 3.63) is 84.6 Å². The Bertz CT molecular complexity index is 1830. The van der Waals surface area contributed by atoms with Crippen molar-refractivity contribution >= 4 is 45.0 Å². The van der Waals surface area contributed by atoms with E-state index in [1.54, 1.807) is 48.9 Å². The predicted octanol–water partition coefficient (Wildman–Crippen LogP) is 4.74. The number of anilines is 2. The number of aromatic nitrogens is 3. The minimum Gasteiger partial charge on any atom is -0.495 e. The fourth-order valence-electron chi connectivity index (χ4n) is 4.81. The zero-order valence-corrected chi connectivity index (χ0v) is 24.3. The summed E-state index contributed by atoms with van der Waals surface area (Å²) in [5.41, 5.74) is 7.47. The Morgan fingerprint density at radius 2 is 1.80 bits per heavy atom. The number of benzene rings is 2. The molecule has 1 atom stereocenters. The third kappa shape index (κ3) is 6.00. The first kappa shape index (κ1) is 29.0. The van der Waals surface area contributed by atoms with E-state index in [-0.39, 0.29) is 11.3 Å². The summed E-state index contributed by atoms with van der Waals surface area (Å²) in [6.45, 7) is 2.77. The maximum atomic E-state index is 15.4. The quantitative estimate of drug-likeness (QED) is 0.225. The molecule has 3 N–H and O–H groups in total. The highest BCUT2D eigenvalue weighted by atomic mass is 32.1. The molecule has 0 bridgehead atoms. The summed E-state index contributed by atoms with van der Waals surface area (Å²) in [4.78, 5) is 41.8. The van der Waals surface area contributed by atoms with Crippen LogP contribution in [0.2, 0.25) is 0 Å². The summed E-state index contributed by atoms with van der Waals surface area (Å²) >= 11 is 1.42. The second kappa shape index (κ2) is 12.6. The molecule has 1 aliphatic rings. The molecule has 0 aliphatic carbocycles. The number of nitrogens with two attached hydrogens (primary N) is 1. The number of rotatable bonds is 9. The first-order valence-corrected chi connectivity index (χ1v) is 14.5. The number of hydrogen-bond acceptors (Lipinski definition) is 10. The van der Waals surface area contributed by atoms with E-state index in [2.05, 4.69) is 25.2 Å². The normalized spacial score (nSPS) is 13.8. The number of nitrogens with one attached hydrogen (secondary N) is 1. The monoisotopic (exact) mass is 614 g/mol. The van der Waals surface area contributed by atoms with Crippen LogP contribution in [-0.2, 0) is 14.3 Å². The van der Waals surface area contributed by atoms with Crippen LogP contribution in [-0.4, -0.2) is 60.2 Å². The number of carbonyl (C=O) groups is 2. The second-order valence-electron chi connectivity index (χ2n) is 9.82. The molecule has 6 rings (SSSR count). The highest BCUT2D eigenvalue weighted by Gasteiger charge is 2.28. The standard InChI is InChI=1S/C31H27FN6O5S/c1-41-24-5-3-2-4-21(24)37-30(40)27(29(33)39)18-6-7-23(20(32)14-18)43-25-8-9-34-22-15-26(44-28(22)25)19-16-35-31(36-17-19)38-10-12-42-13-11-38/h2-9,14-17,27H,10-13H2,1H3,(H2,33,39)(H,37,40). The van der Waals surface area contributed by atoms with Crippen LogP contribution in [0.25, 0.3) is 20.7 Å². The van der Waals surface area contributed by atoms with Crippen molar-refractivity contribution in [2.45, 2.75) is 5.92 Å². The maximum absolute atomic E-state index is 15.4. The molecule has 1 unspecified atom stereocenters. The molecule has 0 spiro atoms. The van der Waals surface area contributed by atoms with E-state index in [4.69, 9.17) is 19.9 Å². The number of hydrogen-bond donors (Lipinski definition) is 2. The summed E-state index contributed by atoms with van der Waals surface area (Å²) < 4.78 is 32.7. The molecule has 2 aromatic carbocycles. The molecule has 13 heteroatoms. The summed E-state index contributed by atoms with van der Waals surface area (Å²) in [5.74, 6) is -2.53. The molecule has 44 heavy (non-hydrogen) atoms. The molecule has 5 aromatic rings. The molecule has 2 amide bonds. The molecule has 3 aromatic heterocycles. The summed E-state index contributed by atoms with van der Waals surface area (Å²) in [7, 11) is 1.45. The van der Waals surface area contributed by atoms with E-state index in [1.807, 2.05) is 6.07 Å². The Kier molecular flexibility index (Phi) is 8.30. The van der Waals surface area contributed by atoms with Crippen molar-refractivity contribution in [1.29, 1.82) is 0 Å². The highest BCUT2D eigenvalue weighted by molar-refractivity contribution is 7.22. The lowest BCUT2D eigenvalue weighted by Crippen LogP contribution is -2.37. The smallest absolute Gasteiger partial charge is 0.241 e. The van der Waals surface area contributed by atoms with Gasteiger partial charge in [-0.3, -0.25) is 14.6 Å². The number of methoxy groups -OCH3 is 1. The Morgan fingerprint density at radius 3 is 2.52 bits per heavy atom. The molecule has 4 heterocycles. The fourth-order valence-corrected chi connectivity index (χ4v) is 5.85. The zero-order valence-electron chi connectivity index (χ0n) is 23.5. The molecule has 1 fully saturated rings. The van der Waals surface area contributed by atoms with E-state index in [1.165, 1.54) is 30.6 Å². The van der Waals surface area contributed by atoms with Crippen molar-refractivity contribution in [2.75, 3.05) is 43.6 Å². The van der Waals surface area contributed by atoms with Crippen molar-refractivity contribution in [3.63, 3.8) is 0 Å². The Hall–Kier alpha value is -5.14. The number of primary amides is 1. The molecule has 1 saturated heterocycles. The van der Waals surface area contributed by atoms with Gasteiger partial charge in [0.15, 0.2) is 11.6 Å². The van der Waals surface area contributed by atoms with Gasteiger partial charge in [0.1, 0.15) is 17.4 Å². The molecule has 0 radical (unpaired) electrons. The number of carbonyl (C=O) groups excluding carboxylic acids is 2. The van der Waals surface area contributed by atoms with Crippen molar-refractivity contribution in [1.82, 2.24) is 15.0 Å². The average molecular weight is 615 g/mol. The van der Waals surface area contributed by atoms with Crippen molar-refractivity contribution in [2.24, 2.45) is 5.73 Å². The number of morpholine rings is 1. The lowest BCUT2D eigenvalue weighted by molar-refractivity contribution is -0.127. The van der Waals surface area contributed by atoms with E-state index >= 15 is 4.39 Å². The van der Waals surface area contributed by atoms with Gasteiger partial charge in [-0.2, -0.15) is 0 Å². The summed E-state index contributed by atoms with van der Waals surface area (Å²) in [6, 6.07) is 14.1. The van der Waals surface area contributed by atoms with Gasteiger partial charge in [0, 0.05) is 48.2 Å².